The molecule has 1 aromatic heterocycles. The van der Waals surface area contributed by atoms with Gasteiger partial charge in [0.25, 0.3) is 0 Å². The summed E-state index contributed by atoms with van der Waals surface area (Å²) in [6.07, 6.45) is 0.534. The van der Waals surface area contributed by atoms with Gasteiger partial charge in [0.1, 0.15) is 36.3 Å². The number of nitrogens with two attached hydrogens (primary N) is 1. The largest absolute Gasteiger partial charge is 0.480 e. The van der Waals surface area contributed by atoms with E-state index < -0.39 is 158 Å². The number of aromatic nitrogens is 1. The lowest BCUT2D eigenvalue weighted by Crippen LogP contribution is -2.58. The van der Waals surface area contributed by atoms with Gasteiger partial charge in [-0.25, -0.2) is 4.79 Å². The number of para-hydroxylation sites is 1. The molecular weight excluding hydrogens is 1090 g/mol. The number of rotatable bonds is 31. The number of aliphatic carboxylic acids is 1. The van der Waals surface area contributed by atoms with Crippen molar-refractivity contribution in [1.29, 1.82) is 0 Å². The molecule has 12 amide bonds. The maximum absolute atomic E-state index is 14.6. The van der Waals surface area contributed by atoms with E-state index in [2.05, 4.69) is 76.1 Å². The molecule has 27 nitrogen and oxygen atoms in total. The number of thiol groups is 1. The zero-order valence-electron chi connectivity index (χ0n) is 45.9. The Balaban J connectivity index is 1.50. The molecule has 3 aromatic carbocycles. The number of benzene rings is 3. The minimum atomic E-state index is -1.54. The van der Waals surface area contributed by atoms with E-state index in [9.17, 15) is 67.4 Å². The van der Waals surface area contributed by atoms with Crippen molar-refractivity contribution in [3.05, 3.63) is 84.1 Å². The van der Waals surface area contributed by atoms with E-state index in [4.69, 9.17) is 5.73 Å². The Kier molecular flexibility index (Phi) is 25.3. The van der Waals surface area contributed by atoms with Crippen LogP contribution in [0.3, 0.4) is 0 Å². The molecule has 15 N–H and O–H groups in total. The topological polar surface area (TPSA) is 416 Å². The third-order valence-corrected chi connectivity index (χ3v) is 12.8. The van der Waals surface area contributed by atoms with Crippen LogP contribution in [0.1, 0.15) is 65.0 Å². The van der Waals surface area contributed by atoms with Gasteiger partial charge in [-0.3, -0.25) is 57.5 Å². The van der Waals surface area contributed by atoms with Gasteiger partial charge in [0, 0.05) is 49.0 Å². The quantitative estimate of drug-likeness (QED) is 0.0229. The summed E-state index contributed by atoms with van der Waals surface area (Å²) in [5.74, 6) is -11.0. The number of carboxylic acid groups (broad SMARTS) is 1. The summed E-state index contributed by atoms with van der Waals surface area (Å²) >= 11 is 4.01. The number of primary amides is 1. The third-order valence-electron chi connectivity index (χ3n) is 12.5. The molecule has 6 atom stereocenters. The van der Waals surface area contributed by atoms with Gasteiger partial charge in [-0.2, -0.15) is 12.6 Å². The van der Waals surface area contributed by atoms with Crippen LogP contribution in [-0.4, -0.2) is 162 Å². The summed E-state index contributed by atoms with van der Waals surface area (Å²) in [6.45, 7) is 4.41. The molecule has 0 saturated heterocycles. The first-order valence-corrected chi connectivity index (χ1v) is 26.7. The van der Waals surface area contributed by atoms with Gasteiger partial charge in [0.15, 0.2) is 0 Å². The smallest absolute Gasteiger partial charge is 0.326 e. The molecule has 0 aliphatic heterocycles. The number of hydrogen-bond acceptors (Lipinski definition) is 14. The first-order chi connectivity index (χ1) is 38.8. The number of carboxylic acids is 1. The highest BCUT2D eigenvalue weighted by molar-refractivity contribution is 7.80. The van der Waals surface area contributed by atoms with Gasteiger partial charge in [-0.05, 0) is 46.2 Å². The molecule has 0 saturated carbocycles. The second kappa shape index (κ2) is 31.6. The molecule has 82 heavy (non-hydrogen) atoms. The van der Waals surface area contributed by atoms with E-state index in [0.717, 1.165) is 10.8 Å². The number of fused-ring (bicyclic) bond motifs is 2. The number of carbonyl (C=O) groups excluding carboxylic acids is 12. The monoisotopic (exact) mass is 1160 g/mol. The van der Waals surface area contributed by atoms with Gasteiger partial charge >= 0.3 is 5.97 Å². The number of amides is 12. The van der Waals surface area contributed by atoms with Crippen LogP contribution in [0.5, 0.6) is 0 Å². The lowest BCUT2D eigenvalue weighted by atomic mass is 9.87. The van der Waals surface area contributed by atoms with Crippen molar-refractivity contribution in [2.45, 2.75) is 103 Å². The maximum Gasteiger partial charge on any atom is 0.326 e. The fourth-order valence-corrected chi connectivity index (χ4v) is 8.40. The first-order valence-electron chi connectivity index (χ1n) is 26.0. The molecule has 0 aliphatic carbocycles. The van der Waals surface area contributed by atoms with E-state index in [0.29, 0.717) is 22.0 Å². The van der Waals surface area contributed by atoms with Gasteiger partial charge in [-0.15, -0.1) is 0 Å². The highest BCUT2D eigenvalue weighted by atomic mass is 32.1. The Morgan fingerprint density at radius 1 is 0.561 bits per heavy atom. The molecule has 28 heteroatoms. The summed E-state index contributed by atoms with van der Waals surface area (Å²) in [7, 11) is 0. The average molecular weight is 1160 g/mol. The summed E-state index contributed by atoms with van der Waals surface area (Å²) in [4.78, 5) is 171. The van der Waals surface area contributed by atoms with E-state index in [1.165, 1.54) is 6.92 Å². The zero-order valence-corrected chi connectivity index (χ0v) is 46.8. The Morgan fingerprint density at radius 3 is 1.63 bits per heavy atom. The summed E-state index contributed by atoms with van der Waals surface area (Å²) < 4.78 is 0. The van der Waals surface area contributed by atoms with Gasteiger partial charge in [-0.1, -0.05) is 88.4 Å². The van der Waals surface area contributed by atoms with Crippen molar-refractivity contribution in [1.82, 2.24) is 63.5 Å². The second-order valence-corrected chi connectivity index (χ2v) is 20.4. The molecule has 0 radical (unpaired) electrons. The van der Waals surface area contributed by atoms with Crippen LogP contribution < -0.4 is 64.2 Å². The highest BCUT2D eigenvalue weighted by Crippen LogP contribution is 2.21. The maximum atomic E-state index is 14.6. The normalized spacial score (nSPS) is 13.2. The Morgan fingerprint density at radius 2 is 1.06 bits per heavy atom. The van der Waals surface area contributed by atoms with E-state index in [1.54, 1.807) is 70.3 Å². The third kappa shape index (κ3) is 21.5. The number of aromatic amines is 1. The summed E-state index contributed by atoms with van der Waals surface area (Å²) in [6, 6.07) is 11.9. The Labute approximate surface area is 477 Å². The van der Waals surface area contributed by atoms with Crippen LogP contribution in [0.4, 0.5) is 0 Å². The Bertz CT molecular complexity index is 3020. The van der Waals surface area contributed by atoms with Crippen LogP contribution >= 0.6 is 12.6 Å². The van der Waals surface area contributed by atoms with Crippen LogP contribution in [0.15, 0.2) is 72.9 Å². The molecule has 0 fully saturated rings. The minimum Gasteiger partial charge on any atom is -0.480 e. The van der Waals surface area contributed by atoms with Crippen molar-refractivity contribution in [3.8, 4) is 0 Å². The van der Waals surface area contributed by atoms with Gasteiger partial charge < -0.3 is 74.3 Å². The average Bonchev–Trinajstić information content (AvgIpc) is 3.89. The first kappa shape index (κ1) is 65.4. The van der Waals surface area contributed by atoms with E-state index >= 15 is 0 Å². The van der Waals surface area contributed by atoms with Crippen molar-refractivity contribution in [2.75, 3.05) is 38.5 Å². The molecule has 442 valence electrons. The fraction of sp³-hybridized carbons (Fsp3) is 0.426. The number of H-pyrrole nitrogens is 1. The van der Waals surface area contributed by atoms with Gasteiger partial charge in [0.2, 0.25) is 70.9 Å². The molecular formula is C54H71N13O14S. The van der Waals surface area contributed by atoms with Crippen LogP contribution in [0.2, 0.25) is 0 Å². The van der Waals surface area contributed by atoms with Crippen LogP contribution in [0.25, 0.3) is 21.7 Å². The molecule has 4 rings (SSSR count). The fourth-order valence-electron chi connectivity index (χ4n) is 8.14. The molecule has 0 bridgehead atoms. The number of nitrogens with one attached hydrogen (secondary N) is 12. The highest BCUT2D eigenvalue weighted by Gasteiger charge is 2.34. The van der Waals surface area contributed by atoms with Crippen molar-refractivity contribution in [2.24, 2.45) is 11.1 Å². The van der Waals surface area contributed by atoms with E-state index in [-0.39, 0.29) is 31.4 Å². The number of hydrogen-bond donors (Lipinski definition) is 15. The predicted molar refractivity (Wildman–Crippen MR) is 302 cm³/mol. The minimum absolute atomic E-state index is 0.0327. The van der Waals surface area contributed by atoms with Crippen LogP contribution in [-0.2, 0) is 75.2 Å². The van der Waals surface area contributed by atoms with Gasteiger partial charge in [0.05, 0.1) is 32.7 Å². The lowest BCUT2D eigenvalue weighted by molar-refractivity contribution is -0.145. The van der Waals surface area contributed by atoms with Crippen molar-refractivity contribution < 1.29 is 67.4 Å². The van der Waals surface area contributed by atoms with E-state index in [1.807, 2.05) is 30.3 Å². The van der Waals surface area contributed by atoms with Crippen molar-refractivity contribution >= 4 is 111 Å². The second-order valence-electron chi connectivity index (χ2n) is 20.1. The molecule has 0 unspecified atom stereocenters. The zero-order chi connectivity index (χ0) is 60.7. The SMILES string of the molecule is CC[C@H](NC(=O)CNC(=O)[C@H](CCC(N)=O)NC(=O)[C@H](Cc1c[nH]c2ccccc12)NC(=O)[C@H](Cc1ccc2ccccc2c1)NC(=O)CNC(=O)CNC(=O)CNC(=O)[C@H](CS)NC(C)=O)C(=O)NCC(=O)N[C@H](C(=O)O)C(C)(C)C. The molecule has 0 aliphatic rings. The summed E-state index contributed by atoms with van der Waals surface area (Å²) in [5, 5.41) is 38.6. The molecule has 0 spiro atoms. The summed E-state index contributed by atoms with van der Waals surface area (Å²) in [5.41, 5.74) is 6.41. The molecule has 4 aromatic rings. The number of carbonyl (C=O) groups is 13. The molecule has 1 heterocycles. The lowest BCUT2D eigenvalue weighted by Gasteiger charge is -2.27. The predicted octanol–water partition coefficient (Wildman–Crippen LogP) is -2.65. The standard InChI is InChI=1S/C54H71N13O14S/c1-6-35(48(75)60-27-46(74)67-47(53(80)81)54(3,4)5)63-45(73)26-61-49(76)37(17-18-41(55)69)65-52(79)39(21-33-22-56-36-14-10-9-13-34(33)36)66-51(78)38(20-30-15-16-31-11-7-8-12-32(31)19-30)64-44(72)25-58-42(70)23-57-43(71)24-59-50(77)40(28-82)62-29(2)68/h7-16,19,22,35,37-40,47,56,82H,6,17-18,20-21,23-28H2,1-5H3,(H2,55,69)(H,57,71)(H,58,70)(H,59,77)(H,60,75)(H,61,76)(H,62,68)(H,63,73)(H,64,72)(H,65,79)(H,66,78)(H,67,74)(H,80,81)/t35-,37-,38-,39-,40-,47+/m0/s1. The van der Waals surface area contributed by atoms with Crippen molar-refractivity contribution in [3.63, 3.8) is 0 Å². The van der Waals surface area contributed by atoms with Crippen LogP contribution in [0, 0.1) is 5.41 Å². The Hall–Kier alpha value is -9.08.